The van der Waals surface area contributed by atoms with Crippen LogP contribution in [0.15, 0.2) is 23.2 Å². The molecule has 1 atom stereocenters. The molecule has 2 N–H and O–H groups in total. The minimum Gasteiger partial charge on any atom is -0.493 e. The summed E-state index contributed by atoms with van der Waals surface area (Å²) in [5, 5.41) is 6.83. The molecule has 2 rings (SSSR count). The van der Waals surface area contributed by atoms with Crippen molar-refractivity contribution >= 4 is 29.9 Å². The Labute approximate surface area is 186 Å². The molecular weight excluding hydrogens is 469 g/mol. The zero-order valence-corrected chi connectivity index (χ0v) is 20.2. The number of benzene rings is 1. The normalized spacial score (nSPS) is 16.8. The van der Waals surface area contributed by atoms with Crippen LogP contribution in [0.5, 0.6) is 11.5 Å². The van der Waals surface area contributed by atoms with Gasteiger partial charge in [-0.3, -0.25) is 9.89 Å². The lowest BCUT2D eigenvalue weighted by molar-refractivity contribution is 0.120. The summed E-state index contributed by atoms with van der Waals surface area (Å²) in [6, 6.07) is 6.52. The first kappa shape index (κ1) is 24.8. The minimum atomic E-state index is 0. The monoisotopic (exact) mass is 505 g/mol. The molecule has 1 aromatic carbocycles. The molecule has 7 nitrogen and oxygen atoms in total. The topological polar surface area (TPSA) is 61.4 Å². The second kappa shape index (κ2) is 13.1. The largest absolute Gasteiger partial charge is 0.493 e. The summed E-state index contributed by atoms with van der Waals surface area (Å²) in [6.07, 6.45) is 0.884. The van der Waals surface area contributed by atoms with E-state index < -0.39 is 0 Å². The van der Waals surface area contributed by atoms with Gasteiger partial charge in [-0.05, 0) is 38.1 Å². The Morgan fingerprint density at radius 2 is 1.79 bits per heavy atom. The molecule has 0 aliphatic carbocycles. The predicted molar refractivity (Wildman–Crippen MR) is 127 cm³/mol. The average molecular weight is 505 g/mol. The van der Waals surface area contributed by atoms with Crippen molar-refractivity contribution in [1.29, 1.82) is 0 Å². The quantitative estimate of drug-likeness (QED) is 0.319. The summed E-state index contributed by atoms with van der Waals surface area (Å²) in [5.74, 6) is 2.36. The van der Waals surface area contributed by atoms with Crippen molar-refractivity contribution in [3.05, 3.63) is 23.8 Å². The highest BCUT2D eigenvalue weighted by Gasteiger charge is 2.19. The van der Waals surface area contributed by atoms with Crippen molar-refractivity contribution in [2.24, 2.45) is 4.99 Å². The summed E-state index contributed by atoms with van der Waals surface area (Å²) >= 11 is 0. The summed E-state index contributed by atoms with van der Waals surface area (Å²) in [4.78, 5) is 9.24. The van der Waals surface area contributed by atoms with Gasteiger partial charge >= 0.3 is 0 Å². The number of nitrogens with one attached hydrogen (secondary N) is 2. The van der Waals surface area contributed by atoms with E-state index in [4.69, 9.17) is 9.47 Å². The number of halogens is 1. The van der Waals surface area contributed by atoms with Crippen molar-refractivity contribution in [3.8, 4) is 11.5 Å². The van der Waals surface area contributed by atoms with E-state index >= 15 is 0 Å². The molecule has 0 amide bonds. The number of rotatable bonds is 8. The highest BCUT2D eigenvalue weighted by atomic mass is 127. The first-order valence-electron chi connectivity index (χ1n) is 9.65. The molecule has 1 unspecified atom stereocenters. The SMILES string of the molecule is CN=C(NCCc1ccc(OC)c(OC)c1)NCC(C)N1CCN(C)CC1.I. The Morgan fingerprint density at radius 1 is 1.11 bits per heavy atom. The zero-order chi connectivity index (χ0) is 19.6. The van der Waals surface area contributed by atoms with Crippen LogP contribution in [0.2, 0.25) is 0 Å². The molecule has 1 fully saturated rings. The lowest BCUT2D eigenvalue weighted by Gasteiger charge is -2.36. The van der Waals surface area contributed by atoms with Gasteiger partial charge < -0.3 is 25.0 Å². The first-order valence-corrected chi connectivity index (χ1v) is 9.65. The Hall–Kier alpha value is -1.26. The molecule has 8 heteroatoms. The summed E-state index contributed by atoms with van der Waals surface area (Å²) in [7, 11) is 7.31. The number of methoxy groups -OCH3 is 2. The second-order valence-corrected chi connectivity index (χ2v) is 7.01. The second-order valence-electron chi connectivity index (χ2n) is 7.01. The number of guanidine groups is 1. The molecule has 0 bridgehead atoms. The number of piperazine rings is 1. The minimum absolute atomic E-state index is 0. The van der Waals surface area contributed by atoms with E-state index in [1.165, 1.54) is 5.56 Å². The highest BCUT2D eigenvalue weighted by molar-refractivity contribution is 14.0. The molecule has 0 radical (unpaired) electrons. The fourth-order valence-corrected chi connectivity index (χ4v) is 3.22. The summed E-state index contributed by atoms with van der Waals surface area (Å²) in [5.41, 5.74) is 1.20. The van der Waals surface area contributed by atoms with E-state index in [9.17, 15) is 0 Å². The third kappa shape index (κ3) is 7.63. The van der Waals surface area contributed by atoms with Gasteiger partial charge in [0.25, 0.3) is 0 Å². The fourth-order valence-electron chi connectivity index (χ4n) is 3.22. The van der Waals surface area contributed by atoms with Gasteiger partial charge in [-0.1, -0.05) is 6.07 Å². The van der Waals surface area contributed by atoms with Crippen molar-refractivity contribution in [3.63, 3.8) is 0 Å². The fraction of sp³-hybridized carbons (Fsp3) is 0.650. The molecule has 1 aliphatic heterocycles. The van der Waals surface area contributed by atoms with Crippen LogP contribution in [0.1, 0.15) is 12.5 Å². The van der Waals surface area contributed by atoms with Crippen molar-refractivity contribution in [1.82, 2.24) is 20.4 Å². The van der Waals surface area contributed by atoms with Crippen LogP contribution < -0.4 is 20.1 Å². The van der Waals surface area contributed by atoms with Gasteiger partial charge in [0.15, 0.2) is 17.5 Å². The van der Waals surface area contributed by atoms with Gasteiger partial charge in [-0.15, -0.1) is 24.0 Å². The van der Waals surface area contributed by atoms with Gasteiger partial charge in [-0.25, -0.2) is 0 Å². The Kier molecular flexibility index (Phi) is 11.6. The smallest absolute Gasteiger partial charge is 0.191 e. The number of hydrogen-bond donors (Lipinski definition) is 2. The van der Waals surface area contributed by atoms with Crippen LogP contribution >= 0.6 is 24.0 Å². The number of aliphatic imine (C=N–C) groups is 1. The average Bonchev–Trinajstić information content (AvgIpc) is 2.70. The summed E-state index contributed by atoms with van der Waals surface area (Å²) in [6.45, 7) is 8.51. The molecule has 0 aromatic heterocycles. The van der Waals surface area contributed by atoms with E-state index in [1.54, 1.807) is 14.2 Å². The van der Waals surface area contributed by atoms with Crippen LogP contribution in [-0.4, -0.2) is 89.4 Å². The van der Waals surface area contributed by atoms with Gasteiger partial charge in [0.05, 0.1) is 14.2 Å². The molecular formula is C20H36IN5O2. The van der Waals surface area contributed by atoms with Crippen LogP contribution in [-0.2, 0) is 6.42 Å². The first-order chi connectivity index (χ1) is 13.1. The zero-order valence-electron chi connectivity index (χ0n) is 17.8. The summed E-state index contributed by atoms with van der Waals surface area (Å²) < 4.78 is 10.7. The van der Waals surface area contributed by atoms with Crippen LogP contribution in [0.25, 0.3) is 0 Å². The van der Waals surface area contributed by atoms with Crippen LogP contribution in [0.4, 0.5) is 0 Å². The molecule has 1 aliphatic rings. The Balaban J connectivity index is 0.00000392. The maximum Gasteiger partial charge on any atom is 0.191 e. The molecule has 28 heavy (non-hydrogen) atoms. The molecule has 1 aromatic rings. The third-order valence-corrected chi connectivity index (χ3v) is 5.10. The Bertz CT molecular complexity index is 606. The maximum absolute atomic E-state index is 5.37. The molecule has 0 saturated carbocycles. The van der Waals surface area contributed by atoms with E-state index in [-0.39, 0.29) is 24.0 Å². The third-order valence-electron chi connectivity index (χ3n) is 5.10. The molecule has 1 saturated heterocycles. The number of nitrogens with zero attached hydrogens (tertiary/aromatic N) is 3. The van der Waals surface area contributed by atoms with E-state index in [1.807, 2.05) is 19.2 Å². The lowest BCUT2D eigenvalue weighted by Crippen LogP contribution is -2.52. The molecule has 160 valence electrons. The predicted octanol–water partition coefficient (Wildman–Crippen LogP) is 1.67. The van der Waals surface area contributed by atoms with Crippen molar-refractivity contribution in [2.75, 3.05) is 67.6 Å². The molecule has 1 heterocycles. The van der Waals surface area contributed by atoms with Crippen molar-refractivity contribution in [2.45, 2.75) is 19.4 Å². The maximum atomic E-state index is 5.37. The van der Waals surface area contributed by atoms with E-state index in [2.05, 4.69) is 45.5 Å². The lowest BCUT2D eigenvalue weighted by atomic mass is 10.1. The number of hydrogen-bond acceptors (Lipinski definition) is 5. The highest BCUT2D eigenvalue weighted by Crippen LogP contribution is 2.27. The number of likely N-dealkylation sites (N-methyl/N-ethyl adjacent to an activating group) is 1. The van der Waals surface area contributed by atoms with Crippen LogP contribution in [0.3, 0.4) is 0 Å². The van der Waals surface area contributed by atoms with Gasteiger partial charge in [0, 0.05) is 52.4 Å². The van der Waals surface area contributed by atoms with Crippen LogP contribution in [0, 0.1) is 0 Å². The van der Waals surface area contributed by atoms with Gasteiger partial charge in [0.2, 0.25) is 0 Å². The van der Waals surface area contributed by atoms with E-state index in [0.717, 1.165) is 63.1 Å². The van der Waals surface area contributed by atoms with Gasteiger partial charge in [-0.2, -0.15) is 0 Å². The molecule has 0 spiro atoms. The van der Waals surface area contributed by atoms with Crippen molar-refractivity contribution < 1.29 is 9.47 Å². The Morgan fingerprint density at radius 3 is 2.39 bits per heavy atom. The number of ether oxygens (including phenoxy) is 2. The standard InChI is InChI=1S/C20H35N5O2.HI/c1-16(25-12-10-24(3)11-13-25)15-23-20(21-2)22-9-8-17-6-7-18(26-4)19(14-17)27-5;/h6-7,14,16H,8-13,15H2,1-5H3,(H2,21,22,23);1H. The van der Waals surface area contributed by atoms with E-state index in [0.29, 0.717) is 6.04 Å². The van der Waals surface area contributed by atoms with Gasteiger partial charge in [0.1, 0.15) is 0 Å².